The molecular formula is C11H12N2O. The molecule has 3 nitrogen and oxygen atoms in total. The molecule has 1 aromatic rings. The van der Waals surface area contributed by atoms with Crippen molar-refractivity contribution in [3.05, 3.63) is 29.8 Å². The van der Waals surface area contributed by atoms with E-state index in [9.17, 15) is 4.79 Å². The SMILES string of the molecule is CC1=NN(c2ccc(C=O)cc2)CC1. The summed E-state index contributed by atoms with van der Waals surface area (Å²) in [5.74, 6) is 0. The Labute approximate surface area is 83.0 Å². The van der Waals surface area contributed by atoms with Crippen molar-refractivity contribution in [2.24, 2.45) is 5.10 Å². The van der Waals surface area contributed by atoms with Gasteiger partial charge < -0.3 is 0 Å². The molecule has 0 aliphatic carbocycles. The molecule has 1 heterocycles. The molecular weight excluding hydrogens is 176 g/mol. The summed E-state index contributed by atoms with van der Waals surface area (Å²) in [5.41, 5.74) is 2.91. The minimum atomic E-state index is 0.702. The molecule has 0 saturated heterocycles. The van der Waals surface area contributed by atoms with Crippen molar-refractivity contribution in [1.29, 1.82) is 0 Å². The summed E-state index contributed by atoms with van der Waals surface area (Å²) in [4.78, 5) is 10.4. The molecule has 0 bridgehead atoms. The molecule has 0 saturated carbocycles. The number of benzene rings is 1. The molecule has 2 rings (SSSR count). The van der Waals surface area contributed by atoms with Gasteiger partial charge in [0.05, 0.1) is 5.69 Å². The van der Waals surface area contributed by atoms with E-state index in [1.54, 1.807) is 0 Å². The predicted octanol–water partition coefficient (Wildman–Crippen LogP) is 2.09. The van der Waals surface area contributed by atoms with Crippen LogP contribution in [0, 0.1) is 0 Å². The summed E-state index contributed by atoms with van der Waals surface area (Å²) in [6, 6.07) is 7.47. The predicted molar refractivity (Wildman–Crippen MR) is 56.9 cm³/mol. The van der Waals surface area contributed by atoms with E-state index in [0.29, 0.717) is 5.56 Å². The highest BCUT2D eigenvalue weighted by Crippen LogP contribution is 2.19. The minimum absolute atomic E-state index is 0.702. The Hall–Kier alpha value is -1.64. The number of carbonyl (C=O) groups excluding carboxylic acids is 1. The number of aldehydes is 1. The van der Waals surface area contributed by atoms with Crippen LogP contribution in [0.15, 0.2) is 29.4 Å². The Morgan fingerprint density at radius 3 is 2.57 bits per heavy atom. The lowest BCUT2D eigenvalue weighted by atomic mass is 10.2. The van der Waals surface area contributed by atoms with Crippen molar-refractivity contribution < 1.29 is 4.79 Å². The zero-order valence-electron chi connectivity index (χ0n) is 8.10. The molecule has 72 valence electrons. The van der Waals surface area contributed by atoms with Gasteiger partial charge in [0.15, 0.2) is 0 Å². The van der Waals surface area contributed by atoms with E-state index in [2.05, 4.69) is 5.10 Å². The van der Waals surface area contributed by atoms with Gasteiger partial charge >= 0.3 is 0 Å². The van der Waals surface area contributed by atoms with E-state index in [0.717, 1.165) is 30.7 Å². The van der Waals surface area contributed by atoms with E-state index < -0.39 is 0 Å². The first-order valence-electron chi connectivity index (χ1n) is 4.66. The van der Waals surface area contributed by atoms with Crippen LogP contribution in [0.2, 0.25) is 0 Å². The lowest BCUT2D eigenvalue weighted by Gasteiger charge is -2.13. The first-order chi connectivity index (χ1) is 6.79. The first-order valence-corrected chi connectivity index (χ1v) is 4.66. The molecule has 1 aliphatic rings. The number of hydrazone groups is 1. The molecule has 0 fully saturated rings. The fraction of sp³-hybridized carbons (Fsp3) is 0.273. The van der Waals surface area contributed by atoms with Crippen molar-refractivity contribution in [3.63, 3.8) is 0 Å². The molecule has 14 heavy (non-hydrogen) atoms. The molecule has 0 aromatic heterocycles. The second-order valence-electron chi connectivity index (χ2n) is 3.42. The number of hydrogen-bond acceptors (Lipinski definition) is 3. The zero-order chi connectivity index (χ0) is 9.97. The summed E-state index contributed by atoms with van der Waals surface area (Å²) in [5, 5.41) is 6.34. The number of carbonyl (C=O) groups is 1. The van der Waals surface area contributed by atoms with Crippen molar-refractivity contribution >= 4 is 17.7 Å². The van der Waals surface area contributed by atoms with Crippen LogP contribution in [0.1, 0.15) is 23.7 Å². The van der Waals surface area contributed by atoms with Gasteiger partial charge in [-0.2, -0.15) is 5.10 Å². The maximum absolute atomic E-state index is 10.4. The Balaban J connectivity index is 2.21. The Morgan fingerprint density at radius 1 is 1.36 bits per heavy atom. The van der Waals surface area contributed by atoms with Crippen molar-refractivity contribution in [1.82, 2.24) is 0 Å². The van der Waals surface area contributed by atoms with Gasteiger partial charge in [-0.1, -0.05) is 0 Å². The number of nitrogens with zero attached hydrogens (tertiary/aromatic N) is 2. The number of anilines is 1. The fourth-order valence-corrected chi connectivity index (χ4v) is 1.49. The van der Waals surface area contributed by atoms with E-state index in [1.165, 1.54) is 0 Å². The maximum Gasteiger partial charge on any atom is 0.150 e. The molecule has 0 amide bonds. The van der Waals surface area contributed by atoms with E-state index in [4.69, 9.17) is 0 Å². The molecule has 0 atom stereocenters. The monoisotopic (exact) mass is 188 g/mol. The van der Waals surface area contributed by atoms with Gasteiger partial charge in [-0.3, -0.25) is 9.80 Å². The Bertz CT molecular complexity index is 367. The molecule has 1 aliphatic heterocycles. The number of hydrogen-bond donors (Lipinski definition) is 0. The second kappa shape index (κ2) is 3.62. The third-order valence-electron chi connectivity index (χ3n) is 2.30. The first kappa shape index (κ1) is 8.94. The molecule has 0 unspecified atom stereocenters. The second-order valence-corrected chi connectivity index (χ2v) is 3.42. The lowest BCUT2D eigenvalue weighted by Crippen LogP contribution is -2.11. The number of rotatable bonds is 2. The highest BCUT2D eigenvalue weighted by Gasteiger charge is 2.11. The molecule has 1 aromatic carbocycles. The highest BCUT2D eigenvalue weighted by molar-refractivity contribution is 5.85. The zero-order valence-corrected chi connectivity index (χ0v) is 8.10. The van der Waals surface area contributed by atoms with Gasteiger partial charge in [-0.15, -0.1) is 0 Å². The Kier molecular flexibility index (Phi) is 2.31. The van der Waals surface area contributed by atoms with E-state index in [-0.39, 0.29) is 0 Å². The van der Waals surface area contributed by atoms with Gasteiger partial charge in [-0.25, -0.2) is 0 Å². The molecule has 0 N–H and O–H groups in total. The average molecular weight is 188 g/mol. The van der Waals surface area contributed by atoms with Crippen molar-refractivity contribution in [2.45, 2.75) is 13.3 Å². The van der Waals surface area contributed by atoms with E-state index in [1.807, 2.05) is 36.2 Å². The summed E-state index contributed by atoms with van der Waals surface area (Å²) in [7, 11) is 0. The fourth-order valence-electron chi connectivity index (χ4n) is 1.49. The standard InChI is InChI=1S/C11H12N2O/c1-9-6-7-13(12-9)11-4-2-10(8-14)3-5-11/h2-5,8H,6-7H2,1H3. The smallest absolute Gasteiger partial charge is 0.150 e. The molecule has 0 radical (unpaired) electrons. The summed E-state index contributed by atoms with van der Waals surface area (Å²) in [6.07, 6.45) is 1.87. The topological polar surface area (TPSA) is 32.7 Å². The van der Waals surface area contributed by atoms with Crippen LogP contribution in [0.4, 0.5) is 5.69 Å². The van der Waals surface area contributed by atoms with Crippen LogP contribution in [0.5, 0.6) is 0 Å². The lowest BCUT2D eigenvalue weighted by molar-refractivity contribution is 0.112. The van der Waals surface area contributed by atoms with Crippen LogP contribution < -0.4 is 5.01 Å². The van der Waals surface area contributed by atoms with Crippen molar-refractivity contribution in [3.8, 4) is 0 Å². The van der Waals surface area contributed by atoms with Crippen molar-refractivity contribution in [2.75, 3.05) is 11.6 Å². The largest absolute Gasteiger partial charge is 0.298 e. The molecule has 3 heteroatoms. The van der Waals surface area contributed by atoms with E-state index >= 15 is 0 Å². The van der Waals surface area contributed by atoms with Gasteiger partial charge in [-0.05, 0) is 31.2 Å². The van der Waals surface area contributed by atoms with Crippen LogP contribution >= 0.6 is 0 Å². The third kappa shape index (κ3) is 1.66. The van der Waals surface area contributed by atoms with Gasteiger partial charge in [0.25, 0.3) is 0 Å². The summed E-state index contributed by atoms with van der Waals surface area (Å²) >= 11 is 0. The maximum atomic E-state index is 10.4. The Morgan fingerprint density at radius 2 is 2.07 bits per heavy atom. The van der Waals surface area contributed by atoms with Crippen LogP contribution in [-0.2, 0) is 0 Å². The van der Waals surface area contributed by atoms with Crippen LogP contribution in [0.25, 0.3) is 0 Å². The normalized spacial score (nSPS) is 15.5. The third-order valence-corrected chi connectivity index (χ3v) is 2.30. The van der Waals surface area contributed by atoms with Gasteiger partial charge in [0, 0.05) is 24.2 Å². The summed E-state index contributed by atoms with van der Waals surface area (Å²) < 4.78 is 0. The van der Waals surface area contributed by atoms with Crippen LogP contribution in [0.3, 0.4) is 0 Å². The van der Waals surface area contributed by atoms with Crippen LogP contribution in [-0.4, -0.2) is 18.5 Å². The highest BCUT2D eigenvalue weighted by atomic mass is 16.1. The molecule has 0 spiro atoms. The average Bonchev–Trinajstić information content (AvgIpc) is 2.65. The summed E-state index contributed by atoms with van der Waals surface area (Å²) in [6.45, 7) is 2.96. The van der Waals surface area contributed by atoms with Gasteiger partial charge in [0.2, 0.25) is 0 Å². The minimum Gasteiger partial charge on any atom is -0.298 e. The quantitative estimate of drug-likeness (QED) is 0.666. The van der Waals surface area contributed by atoms with Gasteiger partial charge in [0.1, 0.15) is 6.29 Å².